The molecule has 1 aliphatic rings. The second kappa shape index (κ2) is 5.83. The molecule has 1 aliphatic carbocycles. The van der Waals surface area contributed by atoms with Crippen LogP contribution in [-0.4, -0.2) is 9.52 Å². The van der Waals surface area contributed by atoms with Crippen molar-refractivity contribution in [3.05, 3.63) is 66.8 Å². The zero-order valence-corrected chi connectivity index (χ0v) is 11.1. The average molecular weight is 238 g/mol. The Morgan fingerprint density at radius 1 is 1.18 bits per heavy atom. The van der Waals surface area contributed by atoms with E-state index >= 15 is 0 Å². The van der Waals surface area contributed by atoms with Gasteiger partial charge in [-0.1, -0.05) is 48.6 Å². The summed E-state index contributed by atoms with van der Waals surface area (Å²) in [5, 5.41) is 0. The Morgan fingerprint density at radius 3 is 2.59 bits per heavy atom. The van der Waals surface area contributed by atoms with E-state index in [-0.39, 0.29) is 0 Å². The second-order valence-corrected chi connectivity index (χ2v) is 6.15. The van der Waals surface area contributed by atoms with Crippen LogP contribution < -0.4 is 0 Å². The summed E-state index contributed by atoms with van der Waals surface area (Å²) in [7, 11) is 0.928. The molecule has 0 aliphatic heterocycles. The van der Waals surface area contributed by atoms with E-state index in [2.05, 4.69) is 49.6 Å². The number of hydrogen-bond acceptors (Lipinski definition) is 0. The van der Waals surface area contributed by atoms with Gasteiger partial charge in [0.25, 0.3) is 0 Å². The van der Waals surface area contributed by atoms with Crippen LogP contribution in [-0.2, 0) is 0 Å². The summed E-state index contributed by atoms with van der Waals surface area (Å²) in [6.07, 6.45) is 10.9. The van der Waals surface area contributed by atoms with Crippen molar-refractivity contribution in [1.82, 2.24) is 0 Å². The maximum absolute atomic E-state index is 3.85. The van der Waals surface area contributed by atoms with Crippen LogP contribution >= 0.6 is 0 Å². The van der Waals surface area contributed by atoms with Crippen LogP contribution in [0.2, 0.25) is 5.54 Å². The van der Waals surface area contributed by atoms with Gasteiger partial charge in [-0.05, 0) is 35.1 Å². The fraction of sp³-hybridized carbons (Fsp3) is 0.250. The highest BCUT2D eigenvalue weighted by atomic mass is 28.2. The molecule has 0 amide bonds. The summed E-state index contributed by atoms with van der Waals surface area (Å²) in [6.45, 7) is 7.71. The lowest BCUT2D eigenvalue weighted by Crippen LogP contribution is -2.11. The minimum Gasteiger partial charge on any atom is -0.103 e. The molecule has 1 heteroatoms. The molecule has 0 N–H and O–H groups in total. The van der Waals surface area contributed by atoms with Gasteiger partial charge in [-0.3, -0.25) is 0 Å². The van der Waals surface area contributed by atoms with Crippen LogP contribution in [0.5, 0.6) is 0 Å². The Balaban J connectivity index is 2.07. The molecular formula is C16H18Si. The number of fused-ring (bicyclic) bond motifs is 1. The van der Waals surface area contributed by atoms with Crippen molar-refractivity contribution in [2.75, 3.05) is 0 Å². The molecule has 0 aromatic heterocycles. The van der Waals surface area contributed by atoms with Crippen LogP contribution in [0.15, 0.2) is 55.7 Å². The summed E-state index contributed by atoms with van der Waals surface area (Å²) in [5.74, 6) is 0. The maximum Gasteiger partial charge on any atom is 0.0568 e. The normalized spacial score (nSPS) is 17.1. The molecule has 86 valence electrons. The molecule has 1 aromatic rings. The van der Waals surface area contributed by atoms with E-state index in [0.29, 0.717) is 11.1 Å². The van der Waals surface area contributed by atoms with Gasteiger partial charge >= 0.3 is 0 Å². The van der Waals surface area contributed by atoms with Crippen molar-refractivity contribution < 1.29 is 0 Å². The van der Waals surface area contributed by atoms with Crippen molar-refractivity contribution in [2.24, 2.45) is 0 Å². The fourth-order valence-corrected chi connectivity index (χ4v) is 4.05. The lowest BCUT2D eigenvalue weighted by Gasteiger charge is -2.17. The predicted molar refractivity (Wildman–Crippen MR) is 77.3 cm³/mol. The molecule has 0 saturated carbocycles. The average Bonchev–Trinajstić information content (AvgIpc) is 2.74. The summed E-state index contributed by atoms with van der Waals surface area (Å²) >= 11 is 0. The van der Waals surface area contributed by atoms with E-state index in [9.17, 15) is 0 Å². The number of hydrogen-bond donors (Lipinski definition) is 0. The number of rotatable bonds is 6. The van der Waals surface area contributed by atoms with E-state index in [1.54, 1.807) is 0 Å². The summed E-state index contributed by atoms with van der Waals surface area (Å²) in [4.78, 5) is 0. The molecule has 0 nitrogen and oxygen atoms in total. The first-order valence-corrected chi connectivity index (χ1v) is 7.25. The molecule has 0 fully saturated rings. The molecule has 17 heavy (non-hydrogen) atoms. The minimum absolute atomic E-state index is 0.607. The molecule has 2 rings (SSSR count). The van der Waals surface area contributed by atoms with Crippen molar-refractivity contribution in [3.8, 4) is 0 Å². The Labute approximate surface area is 107 Å². The van der Waals surface area contributed by atoms with Crippen LogP contribution in [0.25, 0.3) is 6.08 Å². The first-order chi connectivity index (χ1) is 8.35. The molecule has 0 heterocycles. The molecule has 0 spiro atoms. The van der Waals surface area contributed by atoms with Crippen LogP contribution in [0.1, 0.15) is 29.5 Å². The lowest BCUT2D eigenvalue weighted by molar-refractivity contribution is 0.842. The summed E-state index contributed by atoms with van der Waals surface area (Å²) < 4.78 is 0. The fourth-order valence-electron chi connectivity index (χ4n) is 2.28. The monoisotopic (exact) mass is 238 g/mol. The quantitative estimate of drug-likeness (QED) is 0.509. The van der Waals surface area contributed by atoms with Gasteiger partial charge in [0.2, 0.25) is 0 Å². The number of benzene rings is 1. The highest BCUT2D eigenvalue weighted by molar-refractivity contribution is 6.41. The van der Waals surface area contributed by atoms with Gasteiger partial charge in [0.15, 0.2) is 0 Å². The molecule has 1 atom stereocenters. The third-order valence-electron chi connectivity index (χ3n) is 3.12. The highest BCUT2D eigenvalue weighted by Gasteiger charge is 2.20. The zero-order valence-electron chi connectivity index (χ0n) is 10.1. The molecule has 1 unspecified atom stereocenters. The summed E-state index contributed by atoms with van der Waals surface area (Å²) in [6, 6.07) is 8.71. The zero-order chi connectivity index (χ0) is 12.1. The third-order valence-corrected chi connectivity index (χ3v) is 4.92. The van der Waals surface area contributed by atoms with Gasteiger partial charge < -0.3 is 0 Å². The minimum atomic E-state index is 0.607. The molecule has 1 aromatic carbocycles. The largest absolute Gasteiger partial charge is 0.103 e. The number of allylic oxidation sites excluding steroid dienone is 3. The Hall–Kier alpha value is -1.34. The van der Waals surface area contributed by atoms with Crippen molar-refractivity contribution in [1.29, 1.82) is 0 Å². The van der Waals surface area contributed by atoms with Crippen LogP contribution in [0.4, 0.5) is 0 Å². The van der Waals surface area contributed by atoms with E-state index in [4.69, 9.17) is 0 Å². The van der Waals surface area contributed by atoms with Crippen molar-refractivity contribution in [2.45, 2.75) is 23.9 Å². The molecule has 0 bridgehead atoms. The van der Waals surface area contributed by atoms with Gasteiger partial charge in [0.1, 0.15) is 0 Å². The van der Waals surface area contributed by atoms with E-state index in [1.165, 1.54) is 11.1 Å². The highest BCUT2D eigenvalue weighted by Crippen LogP contribution is 2.33. The van der Waals surface area contributed by atoms with Gasteiger partial charge in [0.05, 0.1) is 9.52 Å². The summed E-state index contributed by atoms with van der Waals surface area (Å²) in [5.41, 5.74) is 4.19. The maximum atomic E-state index is 3.85. The topological polar surface area (TPSA) is 0 Å². The molecule has 0 saturated heterocycles. The van der Waals surface area contributed by atoms with E-state index in [0.717, 1.165) is 22.4 Å². The first kappa shape index (κ1) is 12.1. The molecule has 2 radical (unpaired) electrons. The van der Waals surface area contributed by atoms with Crippen LogP contribution in [0, 0.1) is 0 Å². The predicted octanol–water partition coefficient (Wildman–Crippen LogP) is 4.40. The van der Waals surface area contributed by atoms with Gasteiger partial charge in [-0.25, -0.2) is 0 Å². The second-order valence-electron chi connectivity index (χ2n) is 4.38. The van der Waals surface area contributed by atoms with Crippen molar-refractivity contribution in [3.63, 3.8) is 0 Å². The van der Waals surface area contributed by atoms with Crippen LogP contribution in [0.3, 0.4) is 0 Å². The Bertz CT molecular complexity index is 421. The smallest absolute Gasteiger partial charge is 0.0568 e. The van der Waals surface area contributed by atoms with Gasteiger partial charge in [0, 0.05) is 0 Å². The molecular weight excluding hydrogens is 220 g/mol. The van der Waals surface area contributed by atoms with Crippen molar-refractivity contribution >= 4 is 15.6 Å². The third kappa shape index (κ3) is 2.86. The van der Waals surface area contributed by atoms with E-state index < -0.39 is 0 Å². The first-order valence-electron chi connectivity index (χ1n) is 6.10. The SMILES string of the molecule is C=CCC(CC=C)[Si]C1C=Cc2ccccc21. The van der Waals surface area contributed by atoms with Gasteiger partial charge in [-0.2, -0.15) is 0 Å². The standard InChI is InChI=1S/C16H18Si/c1-3-7-14(8-4-2)17-16-12-11-13-9-5-6-10-15(13)16/h3-6,9-12,14,16H,1-2,7-8H2. The Morgan fingerprint density at radius 2 is 1.88 bits per heavy atom. The van der Waals surface area contributed by atoms with E-state index in [1.807, 2.05) is 12.2 Å². The van der Waals surface area contributed by atoms with Gasteiger partial charge in [-0.15, -0.1) is 13.2 Å². The Kier molecular flexibility index (Phi) is 4.16. The lowest BCUT2D eigenvalue weighted by atomic mass is 10.1.